The van der Waals surface area contributed by atoms with E-state index in [0.717, 1.165) is 19.3 Å². The van der Waals surface area contributed by atoms with E-state index in [1.807, 2.05) is 6.92 Å². The molecule has 1 heterocycles. The SMILES string of the molecule is CCOC1CC(N)C1NS(=O)(=O)N1CCC(C)CC1. The van der Waals surface area contributed by atoms with Gasteiger partial charge in [0.15, 0.2) is 0 Å². The Kier molecular flexibility index (Phi) is 4.84. The number of nitrogens with zero attached hydrogens (tertiary/aromatic N) is 1. The summed E-state index contributed by atoms with van der Waals surface area (Å²) < 4.78 is 34.3. The number of nitrogens with two attached hydrogens (primary N) is 1. The molecule has 6 nitrogen and oxygen atoms in total. The Hall–Kier alpha value is -0.210. The molecule has 0 amide bonds. The second kappa shape index (κ2) is 6.05. The van der Waals surface area contributed by atoms with Crippen molar-refractivity contribution < 1.29 is 13.2 Å². The molecule has 2 aliphatic rings. The van der Waals surface area contributed by atoms with Crippen LogP contribution >= 0.6 is 0 Å². The zero-order valence-corrected chi connectivity index (χ0v) is 12.5. The second-order valence-electron chi connectivity index (χ2n) is 5.62. The van der Waals surface area contributed by atoms with Crippen molar-refractivity contribution in [2.75, 3.05) is 19.7 Å². The van der Waals surface area contributed by atoms with E-state index in [0.29, 0.717) is 25.6 Å². The molecule has 0 spiro atoms. The highest BCUT2D eigenvalue weighted by Gasteiger charge is 2.43. The number of hydrogen-bond acceptors (Lipinski definition) is 4. The third kappa shape index (κ3) is 3.46. The molecule has 0 bridgehead atoms. The standard InChI is InChI=1S/C12H25N3O3S/c1-3-18-11-8-10(13)12(11)14-19(16,17)15-6-4-9(2)5-7-15/h9-12,14H,3-8,13H2,1-2H3. The van der Waals surface area contributed by atoms with E-state index in [1.54, 1.807) is 0 Å². The lowest BCUT2D eigenvalue weighted by molar-refractivity contribution is -0.0253. The van der Waals surface area contributed by atoms with Crippen molar-refractivity contribution >= 4 is 10.2 Å². The summed E-state index contributed by atoms with van der Waals surface area (Å²) in [4.78, 5) is 0. The second-order valence-corrected chi connectivity index (χ2v) is 7.33. The molecule has 2 rings (SSSR count). The minimum absolute atomic E-state index is 0.0847. The minimum atomic E-state index is -3.43. The normalized spacial score (nSPS) is 34.2. The molecule has 0 aromatic heterocycles. The fraction of sp³-hybridized carbons (Fsp3) is 1.00. The van der Waals surface area contributed by atoms with Gasteiger partial charge in [0, 0.05) is 25.7 Å². The van der Waals surface area contributed by atoms with E-state index < -0.39 is 10.2 Å². The summed E-state index contributed by atoms with van der Waals surface area (Å²) in [6.07, 6.45) is 2.48. The molecule has 1 saturated carbocycles. The van der Waals surface area contributed by atoms with E-state index >= 15 is 0 Å². The third-order valence-electron chi connectivity index (χ3n) is 4.11. The van der Waals surface area contributed by atoms with Gasteiger partial charge in [-0.15, -0.1) is 0 Å². The Morgan fingerprint density at radius 3 is 2.53 bits per heavy atom. The first kappa shape index (κ1) is 15.2. The molecule has 7 heteroatoms. The van der Waals surface area contributed by atoms with E-state index in [-0.39, 0.29) is 18.2 Å². The summed E-state index contributed by atoms with van der Waals surface area (Å²) in [6, 6.07) is -0.431. The summed E-state index contributed by atoms with van der Waals surface area (Å²) in [5, 5.41) is 0. The van der Waals surface area contributed by atoms with Gasteiger partial charge in [0.05, 0.1) is 12.1 Å². The highest BCUT2D eigenvalue weighted by atomic mass is 32.2. The Morgan fingerprint density at radius 2 is 2.00 bits per heavy atom. The van der Waals surface area contributed by atoms with Gasteiger partial charge in [-0.25, -0.2) is 0 Å². The van der Waals surface area contributed by atoms with Crippen LogP contribution in [0.3, 0.4) is 0 Å². The molecule has 1 aliphatic heterocycles. The molecule has 3 unspecified atom stereocenters. The Morgan fingerprint density at radius 1 is 1.37 bits per heavy atom. The number of nitrogens with one attached hydrogen (secondary N) is 1. The molecular formula is C12H25N3O3S. The van der Waals surface area contributed by atoms with Crippen molar-refractivity contribution in [2.45, 2.75) is 51.3 Å². The number of hydrogen-bond donors (Lipinski definition) is 2. The van der Waals surface area contributed by atoms with Crippen LogP contribution in [0.5, 0.6) is 0 Å². The van der Waals surface area contributed by atoms with Gasteiger partial charge in [-0.1, -0.05) is 6.92 Å². The summed E-state index contributed by atoms with van der Waals surface area (Å²) in [5.41, 5.74) is 5.88. The molecule has 19 heavy (non-hydrogen) atoms. The third-order valence-corrected chi connectivity index (χ3v) is 5.73. The molecule has 3 atom stereocenters. The molecule has 112 valence electrons. The first-order chi connectivity index (χ1) is 8.94. The van der Waals surface area contributed by atoms with E-state index in [2.05, 4.69) is 11.6 Å². The largest absolute Gasteiger partial charge is 0.377 e. The summed E-state index contributed by atoms with van der Waals surface area (Å²) >= 11 is 0. The molecule has 1 aliphatic carbocycles. The van der Waals surface area contributed by atoms with Crippen LogP contribution in [0.4, 0.5) is 0 Å². The van der Waals surface area contributed by atoms with Gasteiger partial charge in [0.25, 0.3) is 10.2 Å². The fourth-order valence-corrected chi connectivity index (χ4v) is 4.17. The van der Waals surface area contributed by atoms with Crippen molar-refractivity contribution in [2.24, 2.45) is 11.7 Å². The number of ether oxygens (including phenoxy) is 1. The van der Waals surface area contributed by atoms with Crippen LogP contribution < -0.4 is 10.5 Å². The molecule has 3 N–H and O–H groups in total. The van der Waals surface area contributed by atoms with Gasteiger partial charge >= 0.3 is 0 Å². The lowest BCUT2D eigenvalue weighted by atomic mass is 9.84. The van der Waals surface area contributed by atoms with Crippen LogP contribution in [0.25, 0.3) is 0 Å². The van der Waals surface area contributed by atoms with Crippen LogP contribution in [-0.4, -0.2) is 50.6 Å². The van der Waals surface area contributed by atoms with Crippen molar-refractivity contribution in [3.8, 4) is 0 Å². The van der Waals surface area contributed by atoms with E-state index in [9.17, 15) is 8.42 Å². The highest BCUT2D eigenvalue weighted by Crippen LogP contribution is 2.25. The summed E-state index contributed by atoms with van der Waals surface area (Å²) in [7, 11) is -3.43. The fourth-order valence-electron chi connectivity index (χ4n) is 2.66. The number of piperidine rings is 1. The van der Waals surface area contributed by atoms with Gasteiger partial charge < -0.3 is 10.5 Å². The smallest absolute Gasteiger partial charge is 0.279 e. The summed E-state index contributed by atoms with van der Waals surface area (Å²) in [5.74, 6) is 0.605. The van der Waals surface area contributed by atoms with Crippen LogP contribution in [-0.2, 0) is 14.9 Å². The van der Waals surface area contributed by atoms with Gasteiger partial charge in [-0.05, 0) is 32.1 Å². The lowest BCUT2D eigenvalue weighted by Gasteiger charge is -2.43. The quantitative estimate of drug-likeness (QED) is 0.750. The number of rotatable bonds is 5. The molecule has 1 saturated heterocycles. The van der Waals surface area contributed by atoms with Crippen LogP contribution in [0, 0.1) is 5.92 Å². The van der Waals surface area contributed by atoms with Crippen molar-refractivity contribution in [3.63, 3.8) is 0 Å². The van der Waals surface area contributed by atoms with Crippen molar-refractivity contribution in [1.82, 2.24) is 9.03 Å². The molecule has 2 fully saturated rings. The maximum Gasteiger partial charge on any atom is 0.279 e. The zero-order chi connectivity index (χ0) is 14.0. The summed E-state index contributed by atoms with van der Waals surface area (Å²) in [6.45, 7) is 5.83. The minimum Gasteiger partial charge on any atom is -0.377 e. The first-order valence-corrected chi connectivity index (χ1v) is 8.52. The molecule has 0 radical (unpaired) electrons. The van der Waals surface area contributed by atoms with Crippen molar-refractivity contribution in [3.05, 3.63) is 0 Å². The topological polar surface area (TPSA) is 84.7 Å². The molecule has 0 aromatic rings. The average molecular weight is 291 g/mol. The Labute approximate surface area is 115 Å². The zero-order valence-electron chi connectivity index (χ0n) is 11.7. The Balaban J connectivity index is 1.93. The van der Waals surface area contributed by atoms with Gasteiger partial charge in [-0.2, -0.15) is 17.4 Å². The van der Waals surface area contributed by atoms with Crippen LogP contribution in [0.2, 0.25) is 0 Å². The van der Waals surface area contributed by atoms with Gasteiger partial charge in [0.1, 0.15) is 0 Å². The predicted molar refractivity (Wildman–Crippen MR) is 73.8 cm³/mol. The maximum atomic E-state index is 12.3. The highest BCUT2D eigenvalue weighted by molar-refractivity contribution is 7.87. The van der Waals surface area contributed by atoms with Crippen LogP contribution in [0.1, 0.15) is 33.1 Å². The molecular weight excluding hydrogens is 266 g/mol. The van der Waals surface area contributed by atoms with E-state index in [4.69, 9.17) is 10.5 Å². The molecule has 0 aromatic carbocycles. The van der Waals surface area contributed by atoms with Gasteiger partial charge in [-0.3, -0.25) is 0 Å². The maximum absolute atomic E-state index is 12.3. The monoisotopic (exact) mass is 291 g/mol. The van der Waals surface area contributed by atoms with Crippen molar-refractivity contribution in [1.29, 1.82) is 0 Å². The average Bonchev–Trinajstić information content (AvgIpc) is 2.37. The predicted octanol–water partition coefficient (Wildman–Crippen LogP) is 0.0574. The lowest BCUT2D eigenvalue weighted by Crippen LogP contribution is -2.66. The van der Waals surface area contributed by atoms with Gasteiger partial charge in [0.2, 0.25) is 0 Å². The van der Waals surface area contributed by atoms with E-state index in [1.165, 1.54) is 4.31 Å². The first-order valence-electron chi connectivity index (χ1n) is 7.08. The van der Waals surface area contributed by atoms with Crippen LogP contribution in [0.15, 0.2) is 0 Å². The Bertz CT molecular complexity index is 391.